The number of carboxylic acid groups (broad SMARTS) is 1. The van der Waals surface area contributed by atoms with Crippen LogP contribution in [-0.4, -0.2) is 49.3 Å². The first-order chi connectivity index (χ1) is 12.2. The number of carbonyl (C=O) groups excluding carboxylic acids is 1. The summed E-state index contributed by atoms with van der Waals surface area (Å²) in [7, 11) is -3.68. The van der Waals surface area contributed by atoms with E-state index in [-0.39, 0.29) is 23.0 Å². The molecule has 1 aliphatic heterocycles. The number of amides is 1. The molecular weight excluding hydrogens is 360 g/mol. The first-order valence-corrected chi connectivity index (χ1v) is 10.2. The Hall–Kier alpha value is -1.87. The van der Waals surface area contributed by atoms with Crippen molar-refractivity contribution in [1.29, 1.82) is 0 Å². The number of nitrogens with one attached hydrogen (secondary N) is 1. The third-order valence-corrected chi connectivity index (χ3v) is 7.18. The van der Waals surface area contributed by atoms with Gasteiger partial charge in [0.15, 0.2) is 5.76 Å². The quantitative estimate of drug-likeness (QED) is 0.706. The lowest BCUT2D eigenvalue weighted by Crippen LogP contribution is -2.42. The van der Waals surface area contributed by atoms with Crippen molar-refractivity contribution in [2.24, 2.45) is 5.41 Å². The van der Waals surface area contributed by atoms with E-state index in [0.29, 0.717) is 25.9 Å². The second-order valence-corrected chi connectivity index (χ2v) is 8.52. The SMILES string of the molecule is CCC(CC)(CNC(=O)c1cc(S(=O)(=O)N2CCCC2)c(C)o1)C(=O)O. The van der Waals surface area contributed by atoms with Crippen LogP contribution in [0.1, 0.15) is 55.8 Å². The molecule has 9 heteroatoms. The molecule has 0 aliphatic carbocycles. The molecule has 1 aliphatic rings. The van der Waals surface area contributed by atoms with Crippen molar-refractivity contribution in [3.63, 3.8) is 0 Å². The van der Waals surface area contributed by atoms with Crippen LogP contribution in [0, 0.1) is 12.3 Å². The highest BCUT2D eigenvalue weighted by atomic mass is 32.2. The maximum Gasteiger partial charge on any atom is 0.311 e. The molecule has 1 saturated heterocycles. The van der Waals surface area contributed by atoms with Gasteiger partial charge in [-0.05, 0) is 32.6 Å². The predicted octanol–water partition coefficient (Wildman–Crippen LogP) is 1.99. The summed E-state index contributed by atoms with van der Waals surface area (Å²) in [5.74, 6) is -1.58. The van der Waals surface area contributed by atoms with Gasteiger partial charge in [0.05, 0.1) is 5.41 Å². The molecular formula is C17H26N2O6S. The topological polar surface area (TPSA) is 117 Å². The summed E-state index contributed by atoms with van der Waals surface area (Å²) in [4.78, 5) is 23.8. The third-order valence-electron chi connectivity index (χ3n) is 5.17. The second kappa shape index (κ2) is 7.79. The molecule has 1 amide bonds. The maximum atomic E-state index is 12.6. The van der Waals surface area contributed by atoms with Crippen LogP contribution in [0.15, 0.2) is 15.4 Å². The van der Waals surface area contributed by atoms with Gasteiger partial charge in [-0.15, -0.1) is 0 Å². The summed E-state index contributed by atoms with van der Waals surface area (Å²) in [6.45, 7) is 5.87. The van der Waals surface area contributed by atoms with Crippen molar-refractivity contribution >= 4 is 21.9 Å². The smallest absolute Gasteiger partial charge is 0.311 e. The molecule has 2 rings (SSSR count). The Labute approximate surface area is 153 Å². The van der Waals surface area contributed by atoms with Crippen molar-refractivity contribution < 1.29 is 27.5 Å². The van der Waals surface area contributed by atoms with Crippen LogP contribution in [0.2, 0.25) is 0 Å². The molecule has 2 heterocycles. The van der Waals surface area contributed by atoms with E-state index < -0.39 is 27.3 Å². The molecule has 8 nitrogen and oxygen atoms in total. The van der Waals surface area contributed by atoms with Crippen LogP contribution < -0.4 is 5.32 Å². The molecule has 1 aromatic heterocycles. The van der Waals surface area contributed by atoms with Crippen molar-refractivity contribution in [1.82, 2.24) is 9.62 Å². The Morgan fingerprint density at radius 3 is 2.35 bits per heavy atom. The van der Waals surface area contributed by atoms with E-state index in [1.807, 2.05) is 0 Å². The zero-order valence-electron chi connectivity index (χ0n) is 15.4. The van der Waals surface area contributed by atoms with E-state index in [0.717, 1.165) is 12.8 Å². The summed E-state index contributed by atoms with van der Waals surface area (Å²) >= 11 is 0. The molecule has 0 unspecified atom stereocenters. The van der Waals surface area contributed by atoms with Gasteiger partial charge in [0.2, 0.25) is 10.0 Å². The third kappa shape index (κ3) is 3.78. The van der Waals surface area contributed by atoms with Gasteiger partial charge in [-0.3, -0.25) is 9.59 Å². The monoisotopic (exact) mass is 386 g/mol. The molecule has 0 spiro atoms. The van der Waals surface area contributed by atoms with Gasteiger partial charge in [-0.2, -0.15) is 4.31 Å². The lowest BCUT2D eigenvalue weighted by Gasteiger charge is -2.26. The summed E-state index contributed by atoms with van der Waals surface area (Å²) in [6.07, 6.45) is 2.36. The van der Waals surface area contributed by atoms with Crippen LogP contribution in [0.25, 0.3) is 0 Å². The number of rotatable bonds is 8. The fourth-order valence-electron chi connectivity index (χ4n) is 3.12. The Balaban J connectivity index is 2.17. The number of hydrogen-bond donors (Lipinski definition) is 2. The number of aryl methyl sites for hydroxylation is 1. The average Bonchev–Trinajstić information content (AvgIpc) is 3.26. The van der Waals surface area contributed by atoms with Gasteiger partial charge in [0.25, 0.3) is 5.91 Å². The van der Waals surface area contributed by atoms with Crippen LogP contribution >= 0.6 is 0 Å². The molecule has 146 valence electrons. The standard InChI is InChI=1S/C17H26N2O6S/c1-4-17(5-2,16(21)22)11-18-15(20)13-10-14(12(3)25-13)26(23,24)19-8-6-7-9-19/h10H,4-9,11H2,1-3H3,(H,18,20)(H,21,22). The van der Waals surface area contributed by atoms with E-state index in [1.165, 1.54) is 17.3 Å². The van der Waals surface area contributed by atoms with E-state index in [4.69, 9.17) is 4.42 Å². The second-order valence-electron chi connectivity index (χ2n) is 6.62. The van der Waals surface area contributed by atoms with Gasteiger partial charge in [0.1, 0.15) is 10.7 Å². The zero-order chi connectivity index (χ0) is 19.5. The Kier molecular flexibility index (Phi) is 6.13. The van der Waals surface area contributed by atoms with Crippen molar-refractivity contribution in [3.8, 4) is 0 Å². The largest absolute Gasteiger partial charge is 0.481 e. The summed E-state index contributed by atoms with van der Waals surface area (Å²) in [6, 6.07) is 1.22. The minimum atomic E-state index is -3.68. The van der Waals surface area contributed by atoms with Gasteiger partial charge >= 0.3 is 5.97 Å². The Morgan fingerprint density at radius 1 is 1.27 bits per heavy atom. The zero-order valence-corrected chi connectivity index (χ0v) is 16.2. The highest BCUT2D eigenvalue weighted by Crippen LogP contribution is 2.28. The lowest BCUT2D eigenvalue weighted by atomic mass is 9.82. The summed E-state index contributed by atoms with van der Waals surface area (Å²) < 4.78 is 32.0. The minimum Gasteiger partial charge on any atom is -0.481 e. The fraction of sp³-hybridized carbons (Fsp3) is 0.647. The molecule has 0 bridgehead atoms. The van der Waals surface area contributed by atoms with Gasteiger partial charge in [0, 0.05) is 25.7 Å². The van der Waals surface area contributed by atoms with Gasteiger partial charge < -0.3 is 14.8 Å². The first-order valence-electron chi connectivity index (χ1n) is 8.80. The number of hydrogen-bond acceptors (Lipinski definition) is 5. The Bertz CT molecular complexity index is 773. The van der Waals surface area contributed by atoms with E-state index >= 15 is 0 Å². The summed E-state index contributed by atoms with van der Waals surface area (Å²) in [5, 5.41) is 12.0. The highest BCUT2D eigenvalue weighted by Gasteiger charge is 2.36. The average molecular weight is 386 g/mol. The van der Waals surface area contributed by atoms with Crippen LogP contribution in [0.5, 0.6) is 0 Å². The molecule has 2 N–H and O–H groups in total. The van der Waals surface area contributed by atoms with E-state index in [2.05, 4.69) is 5.32 Å². The van der Waals surface area contributed by atoms with Crippen LogP contribution in [0.3, 0.4) is 0 Å². The maximum absolute atomic E-state index is 12.6. The van der Waals surface area contributed by atoms with Crippen LogP contribution in [0.4, 0.5) is 0 Å². The minimum absolute atomic E-state index is 0.0139. The molecule has 1 fully saturated rings. The van der Waals surface area contributed by atoms with Crippen molar-refractivity contribution in [2.75, 3.05) is 19.6 Å². The highest BCUT2D eigenvalue weighted by molar-refractivity contribution is 7.89. The van der Waals surface area contributed by atoms with E-state index in [1.54, 1.807) is 13.8 Å². The van der Waals surface area contributed by atoms with E-state index in [9.17, 15) is 23.1 Å². The number of carbonyl (C=O) groups is 2. The molecule has 26 heavy (non-hydrogen) atoms. The van der Waals surface area contributed by atoms with Gasteiger partial charge in [-0.1, -0.05) is 13.8 Å². The molecule has 1 aromatic rings. The number of carboxylic acids is 1. The number of nitrogens with zero attached hydrogens (tertiary/aromatic N) is 1. The van der Waals surface area contributed by atoms with Gasteiger partial charge in [-0.25, -0.2) is 8.42 Å². The summed E-state index contributed by atoms with van der Waals surface area (Å²) in [5.41, 5.74) is -1.05. The Morgan fingerprint density at radius 2 is 1.85 bits per heavy atom. The first kappa shape index (κ1) is 20.4. The molecule has 0 saturated carbocycles. The molecule has 0 atom stereocenters. The normalized spacial score (nSPS) is 16.0. The number of sulfonamides is 1. The molecule has 0 radical (unpaired) electrons. The number of aliphatic carboxylic acids is 1. The molecule has 0 aromatic carbocycles. The van der Waals surface area contributed by atoms with Crippen molar-refractivity contribution in [2.45, 2.75) is 51.3 Å². The van der Waals surface area contributed by atoms with Crippen LogP contribution in [-0.2, 0) is 14.8 Å². The predicted molar refractivity (Wildman–Crippen MR) is 94.4 cm³/mol. The lowest BCUT2D eigenvalue weighted by molar-refractivity contribution is -0.149. The van der Waals surface area contributed by atoms with Crippen molar-refractivity contribution in [3.05, 3.63) is 17.6 Å². The number of furan rings is 1. The fourth-order valence-corrected chi connectivity index (χ4v) is 4.79.